The summed E-state index contributed by atoms with van der Waals surface area (Å²) in [6.07, 6.45) is 1.25. The van der Waals surface area contributed by atoms with E-state index in [1.54, 1.807) is 7.11 Å². The number of aliphatic carboxylic acids is 1. The van der Waals surface area contributed by atoms with Gasteiger partial charge in [0.1, 0.15) is 5.75 Å². The van der Waals surface area contributed by atoms with Crippen LogP contribution in [0.15, 0.2) is 78.9 Å². The Kier molecular flexibility index (Phi) is 5.18. The van der Waals surface area contributed by atoms with Gasteiger partial charge in [-0.2, -0.15) is 0 Å². The summed E-state index contributed by atoms with van der Waals surface area (Å²) in [7, 11) is 1.62. The van der Waals surface area contributed by atoms with Crippen molar-refractivity contribution in [2.45, 2.75) is 6.92 Å². The molecule has 0 spiro atoms. The molecule has 0 saturated heterocycles. The number of aryl methyl sites for hydroxylation is 1. The molecule has 0 saturated carbocycles. The summed E-state index contributed by atoms with van der Waals surface area (Å²) < 4.78 is 5.30. The molecule has 0 radical (unpaired) electrons. The lowest BCUT2D eigenvalue weighted by atomic mass is 9.94. The van der Waals surface area contributed by atoms with Gasteiger partial charge in [0.15, 0.2) is 0 Å². The van der Waals surface area contributed by atoms with Crippen LogP contribution in [-0.4, -0.2) is 18.2 Å². The molecule has 0 bridgehead atoms. The fourth-order valence-electron chi connectivity index (χ4n) is 2.98. The van der Waals surface area contributed by atoms with Crippen molar-refractivity contribution < 1.29 is 14.6 Å². The molecule has 0 amide bonds. The van der Waals surface area contributed by atoms with E-state index in [9.17, 15) is 9.90 Å². The van der Waals surface area contributed by atoms with Crippen molar-refractivity contribution in [3.63, 3.8) is 0 Å². The minimum absolute atomic E-state index is 0.669. The number of hydrogen-bond acceptors (Lipinski definition) is 2. The maximum absolute atomic E-state index is 11.4. The molecule has 26 heavy (non-hydrogen) atoms. The van der Waals surface area contributed by atoms with Gasteiger partial charge in [0.2, 0.25) is 0 Å². The molecule has 3 aromatic carbocycles. The second-order valence-corrected chi connectivity index (χ2v) is 6.02. The Hall–Kier alpha value is -3.33. The van der Waals surface area contributed by atoms with Crippen LogP contribution in [0.3, 0.4) is 0 Å². The van der Waals surface area contributed by atoms with Gasteiger partial charge in [0.05, 0.1) is 7.11 Å². The second-order valence-electron chi connectivity index (χ2n) is 6.02. The highest BCUT2D eigenvalue weighted by Crippen LogP contribution is 2.29. The average molecular weight is 344 g/mol. The summed E-state index contributed by atoms with van der Waals surface area (Å²) in [6, 6.07) is 23.7. The van der Waals surface area contributed by atoms with Crippen molar-refractivity contribution in [2.75, 3.05) is 7.11 Å². The topological polar surface area (TPSA) is 46.5 Å². The monoisotopic (exact) mass is 344 g/mol. The Morgan fingerprint density at radius 3 is 2.08 bits per heavy atom. The zero-order chi connectivity index (χ0) is 18.5. The first-order valence-electron chi connectivity index (χ1n) is 8.34. The third-order valence-corrected chi connectivity index (χ3v) is 4.28. The molecule has 130 valence electrons. The maximum atomic E-state index is 11.4. The standard InChI is InChI=1S/C23H20O3/c1-16-14-20(12-13-22(16)26-2)21(15-23(24)25)19-10-8-18(9-11-19)17-6-4-3-5-7-17/h3-15H,1-2H3,(H,24,25). The summed E-state index contributed by atoms with van der Waals surface area (Å²) in [5.41, 5.74) is 5.55. The molecular weight excluding hydrogens is 324 g/mol. The van der Waals surface area contributed by atoms with Crippen LogP contribution in [0, 0.1) is 6.92 Å². The Balaban J connectivity index is 2.01. The Morgan fingerprint density at radius 2 is 1.50 bits per heavy atom. The smallest absolute Gasteiger partial charge is 0.328 e. The van der Waals surface area contributed by atoms with Crippen LogP contribution in [0.5, 0.6) is 5.75 Å². The highest BCUT2D eigenvalue weighted by molar-refractivity contribution is 5.95. The van der Waals surface area contributed by atoms with E-state index in [0.29, 0.717) is 5.57 Å². The molecule has 0 unspecified atom stereocenters. The summed E-state index contributed by atoms with van der Waals surface area (Å²) in [6.45, 7) is 1.94. The van der Waals surface area contributed by atoms with Crippen LogP contribution in [0.4, 0.5) is 0 Å². The predicted molar refractivity (Wildman–Crippen MR) is 104 cm³/mol. The van der Waals surface area contributed by atoms with Crippen LogP contribution >= 0.6 is 0 Å². The van der Waals surface area contributed by atoms with Gasteiger partial charge in [-0.1, -0.05) is 60.7 Å². The van der Waals surface area contributed by atoms with E-state index in [1.807, 2.05) is 67.6 Å². The molecule has 0 heterocycles. The van der Waals surface area contributed by atoms with Crippen molar-refractivity contribution in [1.82, 2.24) is 0 Å². The summed E-state index contributed by atoms with van der Waals surface area (Å²) in [5.74, 6) is -0.191. The molecule has 0 aromatic heterocycles. The van der Waals surface area contributed by atoms with E-state index in [0.717, 1.165) is 33.6 Å². The minimum atomic E-state index is -0.972. The van der Waals surface area contributed by atoms with Crippen LogP contribution in [0.1, 0.15) is 16.7 Å². The van der Waals surface area contributed by atoms with Crippen molar-refractivity contribution in [3.05, 3.63) is 95.6 Å². The third kappa shape index (κ3) is 3.83. The van der Waals surface area contributed by atoms with Gasteiger partial charge in [0.25, 0.3) is 0 Å². The number of hydrogen-bond donors (Lipinski definition) is 1. The zero-order valence-corrected chi connectivity index (χ0v) is 14.8. The lowest BCUT2D eigenvalue weighted by Crippen LogP contribution is -1.96. The van der Waals surface area contributed by atoms with Gasteiger partial charge in [0, 0.05) is 6.08 Å². The van der Waals surface area contributed by atoms with Gasteiger partial charge >= 0.3 is 5.97 Å². The normalized spacial score (nSPS) is 11.2. The summed E-state index contributed by atoms with van der Waals surface area (Å²) >= 11 is 0. The first-order valence-corrected chi connectivity index (χ1v) is 8.34. The Bertz CT molecular complexity index is 939. The number of carboxylic acid groups (broad SMARTS) is 1. The fraction of sp³-hybridized carbons (Fsp3) is 0.0870. The lowest BCUT2D eigenvalue weighted by Gasteiger charge is -2.12. The van der Waals surface area contributed by atoms with Crippen molar-refractivity contribution in [3.8, 4) is 16.9 Å². The van der Waals surface area contributed by atoms with Crippen LogP contribution in [0.2, 0.25) is 0 Å². The van der Waals surface area contributed by atoms with E-state index in [1.165, 1.54) is 6.08 Å². The molecular formula is C23H20O3. The fourth-order valence-corrected chi connectivity index (χ4v) is 2.98. The first-order chi connectivity index (χ1) is 12.6. The molecule has 3 rings (SSSR count). The molecule has 0 aliphatic rings. The summed E-state index contributed by atoms with van der Waals surface area (Å²) in [4.78, 5) is 11.4. The molecule has 1 N–H and O–H groups in total. The van der Waals surface area contributed by atoms with Crippen LogP contribution in [-0.2, 0) is 4.79 Å². The van der Waals surface area contributed by atoms with Crippen molar-refractivity contribution in [2.24, 2.45) is 0 Å². The van der Waals surface area contributed by atoms with Gasteiger partial charge in [-0.25, -0.2) is 4.79 Å². The zero-order valence-electron chi connectivity index (χ0n) is 14.8. The van der Waals surface area contributed by atoms with Gasteiger partial charge < -0.3 is 9.84 Å². The molecule has 0 fully saturated rings. The van der Waals surface area contributed by atoms with E-state index >= 15 is 0 Å². The largest absolute Gasteiger partial charge is 0.496 e. The number of methoxy groups -OCH3 is 1. The lowest BCUT2D eigenvalue weighted by molar-refractivity contribution is -0.131. The van der Waals surface area contributed by atoms with E-state index in [-0.39, 0.29) is 0 Å². The highest BCUT2D eigenvalue weighted by Gasteiger charge is 2.10. The molecule has 3 aromatic rings. The van der Waals surface area contributed by atoms with Crippen LogP contribution < -0.4 is 4.74 Å². The second kappa shape index (κ2) is 7.70. The molecule has 0 aliphatic carbocycles. The molecule has 3 nitrogen and oxygen atoms in total. The average Bonchev–Trinajstić information content (AvgIpc) is 2.67. The SMILES string of the molecule is COc1ccc(C(=CC(=O)O)c2ccc(-c3ccccc3)cc2)cc1C. The predicted octanol–water partition coefficient (Wildman–Crippen LogP) is 5.19. The third-order valence-electron chi connectivity index (χ3n) is 4.28. The molecule has 0 atom stereocenters. The number of rotatable bonds is 5. The Morgan fingerprint density at radius 1 is 0.885 bits per heavy atom. The quantitative estimate of drug-likeness (QED) is 0.648. The van der Waals surface area contributed by atoms with Crippen molar-refractivity contribution in [1.29, 1.82) is 0 Å². The van der Waals surface area contributed by atoms with Gasteiger partial charge in [-0.3, -0.25) is 0 Å². The molecule has 3 heteroatoms. The number of benzene rings is 3. The molecule has 0 aliphatic heterocycles. The van der Waals surface area contributed by atoms with Crippen molar-refractivity contribution >= 4 is 11.5 Å². The highest BCUT2D eigenvalue weighted by atomic mass is 16.5. The maximum Gasteiger partial charge on any atom is 0.328 e. The number of carbonyl (C=O) groups is 1. The van der Waals surface area contributed by atoms with Gasteiger partial charge in [-0.15, -0.1) is 0 Å². The van der Waals surface area contributed by atoms with Gasteiger partial charge in [-0.05, 0) is 52.4 Å². The van der Waals surface area contributed by atoms with E-state index in [2.05, 4.69) is 12.1 Å². The number of carboxylic acids is 1. The number of ether oxygens (including phenoxy) is 1. The van der Waals surface area contributed by atoms with E-state index < -0.39 is 5.97 Å². The minimum Gasteiger partial charge on any atom is -0.496 e. The Labute approximate surface area is 153 Å². The van der Waals surface area contributed by atoms with E-state index in [4.69, 9.17) is 4.74 Å². The first kappa shape index (κ1) is 17.5. The van der Waals surface area contributed by atoms with Crippen LogP contribution in [0.25, 0.3) is 16.7 Å². The summed E-state index contributed by atoms with van der Waals surface area (Å²) in [5, 5.41) is 9.31.